The number of ketones is 2. The topological polar surface area (TPSA) is 109 Å². The maximum atomic E-state index is 13.1. The van der Waals surface area contributed by atoms with Crippen LogP contribution in [-0.2, 0) is 0 Å². The van der Waals surface area contributed by atoms with Crippen molar-refractivity contribution in [1.82, 2.24) is 0 Å². The number of carbonyl (C=O) groups is 3. The summed E-state index contributed by atoms with van der Waals surface area (Å²) >= 11 is 0. The van der Waals surface area contributed by atoms with Crippen LogP contribution in [0.5, 0.6) is 0 Å². The molecule has 4 N–H and O–H groups in total. The molecule has 134 valence electrons. The number of anilines is 2. The second-order valence-corrected chi connectivity index (χ2v) is 6.48. The third-order valence-electron chi connectivity index (χ3n) is 4.59. The Labute approximate surface area is 151 Å². The Balaban J connectivity index is 2.27. The smallest absolute Gasteiger partial charge is 0.337 e. The van der Waals surface area contributed by atoms with Crippen molar-refractivity contribution in [1.29, 1.82) is 0 Å². The van der Waals surface area contributed by atoms with Crippen LogP contribution < -0.4 is 11.1 Å². The minimum absolute atomic E-state index is 0.00874. The number of hydrogen-bond donors (Lipinski definition) is 3. The summed E-state index contributed by atoms with van der Waals surface area (Å²) in [6.45, 7) is 3.97. The van der Waals surface area contributed by atoms with E-state index in [0.29, 0.717) is 11.3 Å². The monoisotopic (exact) mass is 352 g/mol. The van der Waals surface area contributed by atoms with Gasteiger partial charge in [0.05, 0.1) is 22.4 Å². The van der Waals surface area contributed by atoms with Crippen molar-refractivity contribution in [3.63, 3.8) is 0 Å². The van der Waals surface area contributed by atoms with Gasteiger partial charge in [0.1, 0.15) is 0 Å². The number of rotatable bonds is 5. The zero-order chi connectivity index (χ0) is 19.0. The molecule has 0 saturated carbocycles. The van der Waals surface area contributed by atoms with Crippen LogP contribution in [-0.4, -0.2) is 28.7 Å². The number of carboxylic acid groups (broad SMARTS) is 1. The van der Waals surface area contributed by atoms with Crippen molar-refractivity contribution in [2.24, 2.45) is 0 Å². The number of nitrogens with two attached hydrogens (primary N) is 1. The Morgan fingerprint density at radius 2 is 1.73 bits per heavy atom. The van der Waals surface area contributed by atoms with E-state index in [1.54, 1.807) is 24.3 Å². The molecule has 6 heteroatoms. The minimum Gasteiger partial charge on any atom is -0.478 e. The van der Waals surface area contributed by atoms with E-state index in [1.807, 2.05) is 13.8 Å². The first-order valence-corrected chi connectivity index (χ1v) is 8.51. The molecule has 2 aromatic carbocycles. The lowest BCUT2D eigenvalue weighted by Crippen LogP contribution is -2.27. The summed E-state index contributed by atoms with van der Waals surface area (Å²) in [4.78, 5) is 37.6. The van der Waals surface area contributed by atoms with Crippen LogP contribution in [0.2, 0.25) is 0 Å². The lowest BCUT2D eigenvalue weighted by Gasteiger charge is -2.25. The number of benzene rings is 2. The average molecular weight is 352 g/mol. The number of carboxylic acids is 1. The number of fused-ring (bicyclic) bond motifs is 2. The van der Waals surface area contributed by atoms with Crippen molar-refractivity contribution in [2.75, 3.05) is 11.1 Å². The molecule has 26 heavy (non-hydrogen) atoms. The zero-order valence-electron chi connectivity index (χ0n) is 14.6. The van der Waals surface area contributed by atoms with Crippen LogP contribution in [0.25, 0.3) is 0 Å². The summed E-state index contributed by atoms with van der Waals surface area (Å²) < 4.78 is 0. The molecule has 0 radical (unpaired) electrons. The van der Waals surface area contributed by atoms with Gasteiger partial charge in [-0.25, -0.2) is 4.79 Å². The van der Waals surface area contributed by atoms with E-state index < -0.39 is 11.8 Å². The van der Waals surface area contributed by atoms with Crippen molar-refractivity contribution in [3.05, 3.63) is 58.1 Å². The van der Waals surface area contributed by atoms with Crippen molar-refractivity contribution in [3.8, 4) is 0 Å². The van der Waals surface area contributed by atoms with E-state index in [2.05, 4.69) is 5.32 Å². The number of carbonyl (C=O) groups excluding carboxylic acids is 2. The highest BCUT2D eigenvalue weighted by atomic mass is 16.4. The fourth-order valence-corrected chi connectivity index (χ4v) is 3.38. The molecule has 0 fully saturated rings. The second-order valence-electron chi connectivity index (χ2n) is 6.48. The first kappa shape index (κ1) is 17.7. The average Bonchev–Trinajstić information content (AvgIpc) is 2.60. The number of nitrogen functional groups attached to an aromatic ring is 1. The van der Waals surface area contributed by atoms with Gasteiger partial charge in [-0.15, -0.1) is 0 Å². The molecule has 0 bridgehead atoms. The summed E-state index contributed by atoms with van der Waals surface area (Å²) in [5, 5.41) is 12.7. The van der Waals surface area contributed by atoms with Gasteiger partial charge in [-0.2, -0.15) is 0 Å². The molecule has 0 aromatic heterocycles. The predicted octanol–water partition coefficient (Wildman–Crippen LogP) is 3.34. The molecule has 1 aliphatic rings. The summed E-state index contributed by atoms with van der Waals surface area (Å²) in [5.74, 6) is -2.00. The van der Waals surface area contributed by atoms with Crippen LogP contribution in [0, 0.1) is 0 Å². The number of aromatic carboxylic acids is 1. The fraction of sp³-hybridized carbons (Fsp3) is 0.250. The first-order valence-electron chi connectivity index (χ1n) is 8.51. The van der Waals surface area contributed by atoms with Gasteiger partial charge in [0.15, 0.2) is 11.6 Å². The highest BCUT2D eigenvalue weighted by Gasteiger charge is 2.35. The van der Waals surface area contributed by atoms with Gasteiger partial charge in [0.2, 0.25) is 0 Å². The van der Waals surface area contributed by atoms with E-state index in [0.717, 1.165) is 12.8 Å². The van der Waals surface area contributed by atoms with Crippen LogP contribution in [0.4, 0.5) is 11.4 Å². The van der Waals surface area contributed by atoms with Gasteiger partial charge >= 0.3 is 5.97 Å². The molecule has 1 aliphatic carbocycles. The Morgan fingerprint density at radius 1 is 1.15 bits per heavy atom. The zero-order valence-corrected chi connectivity index (χ0v) is 14.6. The Hall–Kier alpha value is -3.15. The summed E-state index contributed by atoms with van der Waals surface area (Å²) in [6, 6.07) is 7.86. The fourth-order valence-electron chi connectivity index (χ4n) is 3.38. The van der Waals surface area contributed by atoms with E-state index in [1.165, 1.54) is 6.07 Å². The standard InChI is InChI=1S/C20H20N2O4/c1-3-6-10(2)22-14-9-13(20(25)26)17(21)16-15(14)18(23)11-7-4-5-8-12(11)19(16)24/h4-5,7-10,22H,3,6,21H2,1-2H3,(H,25,26). The lowest BCUT2D eigenvalue weighted by molar-refractivity contribution is 0.0697. The minimum atomic E-state index is -1.24. The summed E-state index contributed by atoms with van der Waals surface area (Å²) in [5.41, 5.74) is 6.64. The van der Waals surface area contributed by atoms with E-state index in [-0.39, 0.29) is 39.8 Å². The third kappa shape index (κ3) is 2.73. The SMILES string of the molecule is CCCC(C)Nc1cc(C(=O)O)c(N)c2c1C(=O)c1ccccc1C2=O. The molecule has 0 heterocycles. The van der Waals surface area contributed by atoms with Crippen molar-refractivity contribution in [2.45, 2.75) is 32.7 Å². The number of hydrogen-bond acceptors (Lipinski definition) is 5. The maximum Gasteiger partial charge on any atom is 0.337 e. The highest BCUT2D eigenvalue weighted by Crippen LogP contribution is 2.37. The molecule has 3 rings (SSSR count). The van der Waals surface area contributed by atoms with Gasteiger partial charge in [-0.1, -0.05) is 37.6 Å². The molecule has 0 spiro atoms. The van der Waals surface area contributed by atoms with Gasteiger partial charge in [-0.05, 0) is 19.4 Å². The Morgan fingerprint density at radius 3 is 2.27 bits per heavy atom. The molecule has 0 saturated heterocycles. The molecule has 6 nitrogen and oxygen atoms in total. The van der Waals surface area contributed by atoms with Crippen LogP contribution >= 0.6 is 0 Å². The normalized spacial score (nSPS) is 13.8. The predicted molar refractivity (Wildman–Crippen MR) is 99.1 cm³/mol. The van der Waals surface area contributed by atoms with Crippen LogP contribution in [0.15, 0.2) is 30.3 Å². The Bertz CT molecular complexity index is 934. The van der Waals surface area contributed by atoms with Gasteiger partial charge in [-0.3, -0.25) is 9.59 Å². The molecule has 0 aliphatic heterocycles. The van der Waals surface area contributed by atoms with Gasteiger partial charge < -0.3 is 16.2 Å². The molecule has 1 unspecified atom stereocenters. The molecular weight excluding hydrogens is 332 g/mol. The van der Waals surface area contributed by atoms with Crippen LogP contribution in [0.3, 0.4) is 0 Å². The summed E-state index contributed by atoms with van der Waals surface area (Å²) in [7, 11) is 0. The second kappa shape index (κ2) is 6.63. The third-order valence-corrected chi connectivity index (χ3v) is 4.59. The molecular formula is C20H20N2O4. The van der Waals surface area contributed by atoms with Crippen molar-refractivity contribution < 1.29 is 19.5 Å². The van der Waals surface area contributed by atoms with E-state index >= 15 is 0 Å². The Kier molecular flexibility index (Phi) is 4.50. The van der Waals surface area contributed by atoms with Crippen LogP contribution in [0.1, 0.15) is 68.9 Å². The van der Waals surface area contributed by atoms with E-state index in [4.69, 9.17) is 5.73 Å². The van der Waals surface area contributed by atoms with Gasteiger partial charge in [0, 0.05) is 22.9 Å². The lowest BCUT2D eigenvalue weighted by atomic mass is 9.81. The quantitative estimate of drug-likeness (QED) is 0.608. The highest BCUT2D eigenvalue weighted by molar-refractivity contribution is 6.32. The molecule has 0 amide bonds. The molecule has 2 aromatic rings. The summed E-state index contributed by atoms with van der Waals surface area (Å²) in [6.07, 6.45) is 1.76. The maximum absolute atomic E-state index is 13.1. The molecule has 1 atom stereocenters. The van der Waals surface area contributed by atoms with E-state index in [9.17, 15) is 19.5 Å². The largest absolute Gasteiger partial charge is 0.478 e. The van der Waals surface area contributed by atoms with Gasteiger partial charge in [0.25, 0.3) is 0 Å². The first-order chi connectivity index (χ1) is 12.4. The van der Waals surface area contributed by atoms with Crippen molar-refractivity contribution >= 4 is 28.9 Å². The number of nitrogens with one attached hydrogen (secondary N) is 1.